The van der Waals surface area contributed by atoms with Gasteiger partial charge in [-0.3, -0.25) is 19.9 Å². The molecule has 6 nitrogen and oxygen atoms in total. The van der Waals surface area contributed by atoms with Crippen LogP contribution in [0.25, 0.3) is 0 Å². The summed E-state index contributed by atoms with van der Waals surface area (Å²) in [5, 5.41) is 7.72. The minimum absolute atomic E-state index is 0.0729. The summed E-state index contributed by atoms with van der Waals surface area (Å²) < 4.78 is 13.2. The Balaban J connectivity index is 1.98. The fraction of sp³-hybridized carbons (Fsp3) is 0.300. The third kappa shape index (κ3) is 2.76. The number of hydrogen-bond donors (Lipinski definition) is 3. The number of piperazine rings is 1. The molecule has 0 aliphatic carbocycles. The van der Waals surface area contributed by atoms with Crippen LogP contribution in [0.1, 0.15) is 0 Å². The number of carbonyl (C=O) groups is 2. The molecule has 1 saturated heterocycles. The minimum Gasteiger partial charge on any atom is -0.353 e. The number of anilines is 1. The Hall–Kier alpha value is -2.02. The molecule has 0 saturated carbocycles. The van der Waals surface area contributed by atoms with Gasteiger partial charge in [-0.05, 0) is 6.07 Å². The number of hydrogen-bond acceptors (Lipinski definition) is 4. The smallest absolute Gasteiger partial charge is 0.243 e. The van der Waals surface area contributed by atoms with E-state index in [1.54, 1.807) is 0 Å². The SMILES string of the molecule is O=C1CNC(C(=O)Nc2ccncc2F)CN1. The van der Waals surface area contributed by atoms with Crippen molar-refractivity contribution in [2.45, 2.75) is 6.04 Å². The van der Waals surface area contributed by atoms with E-state index in [0.29, 0.717) is 0 Å². The quantitative estimate of drug-likeness (QED) is 0.633. The maximum atomic E-state index is 13.2. The molecule has 0 bridgehead atoms. The average Bonchev–Trinajstić information content (AvgIpc) is 2.33. The molecule has 0 spiro atoms. The molecule has 7 heteroatoms. The van der Waals surface area contributed by atoms with Crippen LogP contribution in [0.4, 0.5) is 10.1 Å². The Morgan fingerprint density at radius 3 is 3.06 bits per heavy atom. The summed E-state index contributed by atoms with van der Waals surface area (Å²) >= 11 is 0. The normalized spacial score (nSPS) is 19.6. The van der Waals surface area contributed by atoms with Gasteiger partial charge in [-0.2, -0.15) is 0 Å². The lowest BCUT2D eigenvalue weighted by Crippen LogP contribution is -2.56. The van der Waals surface area contributed by atoms with Gasteiger partial charge in [0, 0.05) is 12.7 Å². The van der Waals surface area contributed by atoms with Crippen molar-refractivity contribution in [2.75, 3.05) is 18.4 Å². The molecule has 0 aromatic carbocycles. The standard InChI is InChI=1S/C10H11FN4O2/c11-6-3-12-2-1-7(6)15-10(17)8-4-14-9(16)5-13-8/h1-3,8,13H,4-5H2,(H,14,16)(H,12,15,17). The largest absolute Gasteiger partial charge is 0.353 e. The lowest BCUT2D eigenvalue weighted by molar-refractivity contribution is -0.124. The van der Waals surface area contributed by atoms with Gasteiger partial charge < -0.3 is 10.6 Å². The highest BCUT2D eigenvalue weighted by atomic mass is 19.1. The van der Waals surface area contributed by atoms with Gasteiger partial charge in [0.1, 0.15) is 6.04 Å². The highest BCUT2D eigenvalue weighted by Crippen LogP contribution is 2.11. The highest BCUT2D eigenvalue weighted by Gasteiger charge is 2.24. The van der Waals surface area contributed by atoms with Gasteiger partial charge in [0.25, 0.3) is 0 Å². The summed E-state index contributed by atoms with van der Waals surface area (Å²) in [6.45, 7) is 0.272. The number of carbonyl (C=O) groups excluding carboxylic acids is 2. The van der Waals surface area contributed by atoms with Gasteiger partial charge in [0.15, 0.2) is 5.82 Å². The van der Waals surface area contributed by atoms with Gasteiger partial charge in [0.2, 0.25) is 11.8 Å². The molecule has 0 radical (unpaired) electrons. The molecule has 3 N–H and O–H groups in total. The third-order valence-electron chi connectivity index (χ3n) is 2.36. The molecule has 1 atom stereocenters. The monoisotopic (exact) mass is 238 g/mol. The molecular formula is C10H11FN4O2. The first-order valence-corrected chi connectivity index (χ1v) is 5.07. The van der Waals surface area contributed by atoms with Crippen molar-refractivity contribution in [2.24, 2.45) is 0 Å². The molecule has 1 unspecified atom stereocenters. The number of pyridine rings is 1. The molecule has 1 aromatic rings. The minimum atomic E-state index is -0.597. The van der Waals surface area contributed by atoms with Crippen molar-refractivity contribution in [3.63, 3.8) is 0 Å². The Morgan fingerprint density at radius 2 is 2.41 bits per heavy atom. The molecule has 2 rings (SSSR count). The molecule has 1 aromatic heterocycles. The Kier molecular flexibility index (Phi) is 3.29. The van der Waals surface area contributed by atoms with Crippen molar-refractivity contribution in [1.82, 2.24) is 15.6 Å². The van der Waals surface area contributed by atoms with E-state index in [4.69, 9.17) is 0 Å². The van der Waals surface area contributed by atoms with Gasteiger partial charge in [0.05, 0.1) is 18.4 Å². The van der Waals surface area contributed by atoms with Crippen LogP contribution in [-0.2, 0) is 9.59 Å². The van der Waals surface area contributed by atoms with Crippen LogP contribution >= 0.6 is 0 Å². The topological polar surface area (TPSA) is 83.1 Å². The lowest BCUT2D eigenvalue weighted by atomic mass is 10.2. The van der Waals surface area contributed by atoms with E-state index in [2.05, 4.69) is 20.9 Å². The molecule has 1 aliphatic heterocycles. The predicted octanol–water partition coefficient (Wildman–Crippen LogP) is -0.753. The van der Waals surface area contributed by atoms with Crippen LogP contribution in [0, 0.1) is 5.82 Å². The Labute approximate surface area is 96.6 Å². The number of aromatic nitrogens is 1. The second-order valence-corrected chi connectivity index (χ2v) is 3.58. The zero-order valence-corrected chi connectivity index (χ0v) is 8.87. The van der Waals surface area contributed by atoms with Crippen LogP contribution in [0.2, 0.25) is 0 Å². The summed E-state index contributed by atoms with van der Waals surface area (Å²) in [7, 11) is 0. The fourth-order valence-corrected chi connectivity index (χ4v) is 1.45. The number of amides is 2. The highest BCUT2D eigenvalue weighted by molar-refractivity contribution is 5.96. The summed E-state index contributed by atoms with van der Waals surface area (Å²) in [6.07, 6.45) is 2.40. The van der Waals surface area contributed by atoms with Gasteiger partial charge >= 0.3 is 0 Å². The van der Waals surface area contributed by atoms with E-state index in [9.17, 15) is 14.0 Å². The Morgan fingerprint density at radius 1 is 1.59 bits per heavy atom. The molecule has 1 fully saturated rings. The fourth-order valence-electron chi connectivity index (χ4n) is 1.45. The lowest BCUT2D eigenvalue weighted by Gasteiger charge is -2.23. The van der Waals surface area contributed by atoms with E-state index in [-0.39, 0.29) is 24.7 Å². The van der Waals surface area contributed by atoms with Gasteiger partial charge in [-0.15, -0.1) is 0 Å². The zero-order valence-electron chi connectivity index (χ0n) is 8.87. The first-order chi connectivity index (χ1) is 8.16. The van der Waals surface area contributed by atoms with Crippen molar-refractivity contribution in [3.05, 3.63) is 24.3 Å². The van der Waals surface area contributed by atoms with E-state index < -0.39 is 17.8 Å². The van der Waals surface area contributed by atoms with Crippen LogP contribution < -0.4 is 16.0 Å². The molecule has 1 aliphatic rings. The molecule has 17 heavy (non-hydrogen) atoms. The van der Waals surface area contributed by atoms with Crippen molar-refractivity contribution >= 4 is 17.5 Å². The van der Waals surface area contributed by atoms with E-state index >= 15 is 0 Å². The number of rotatable bonds is 2. The summed E-state index contributed by atoms with van der Waals surface area (Å²) in [5.41, 5.74) is 0.0729. The molecule has 2 amide bonds. The molecule has 2 heterocycles. The number of nitrogens with zero attached hydrogens (tertiary/aromatic N) is 1. The average molecular weight is 238 g/mol. The van der Waals surface area contributed by atoms with Crippen LogP contribution in [0.3, 0.4) is 0 Å². The third-order valence-corrected chi connectivity index (χ3v) is 2.36. The van der Waals surface area contributed by atoms with Crippen LogP contribution in [0.15, 0.2) is 18.5 Å². The summed E-state index contributed by atoms with van der Waals surface area (Å²) in [4.78, 5) is 26.2. The number of nitrogens with one attached hydrogen (secondary N) is 3. The van der Waals surface area contributed by atoms with Gasteiger partial charge in [-0.1, -0.05) is 0 Å². The predicted molar refractivity (Wildman–Crippen MR) is 57.6 cm³/mol. The van der Waals surface area contributed by atoms with E-state index in [0.717, 1.165) is 6.20 Å². The van der Waals surface area contributed by atoms with E-state index in [1.165, 1.54) is 12.3 Å². The van der Waals surface area contributed by atoms with Crippen LogP contribution in [-0.4, -0.2) is 35.9 Å². The Bertz CT molecular complexity index is 442. The van der Waals surface area contributed by atoms with E-state index in [1.807, 2.05) is 0 Å². The van der Waals surface area contributed by atoms with Crippen molar-refractivity contribution in [1.29, 1.82) is 0 Å². The molecular weight excluding hydrogens is 227 g/mol. The first kappa shape index (κ1) is 11.5. The number of halogens is 1. The van der Waals surface area contributed by atoms with Gasteiger partial charge in [-0.25, -0.2) is 4.39 Å². The second-order valence-electron chi connectivity index (χ2n) is 3.58. The maximum absolute atomic E-state index is 13.2. The first-order valence-electron chi connectivity index (χ1n) is 5.07. The summed E-state index contributed by atoms with van der Waals surface area (Å²) in [6, 6.07) is 0.814. The van der Waals surface area contributed by atoms with Crippen molar-refractivity contribution < 1.29 is 14.0 Å². The molecule has 90 valence electrons. The van der Waals surface area contributed by atoms with Crippen LogP contribution in [0.5, 0.6) is 0 Å². The summed E-state index contributed by atoms with van der Waals surface area (Å²) in [5.74, 6) is -1.15. The maximum Gasteiger partial charge on any atom is 0.243 e. The van der Waals surface area contributed by atoms with Crippen molar-refractivity contribution in [3.8, 4) is 0 Å². The second kappa shape index (κ2) is 4.88. The zero-order chi connectivity index (χ0) is 12.3.